The van der Waals surface area contributed by atoms with E-state index in [9.17, 15) is 4.79 Å². The van der Waals surface area contributed by atoms with Gasteiger partial charge < -0.3 is 10.1 Å². The Hall–Kier alpha value is -1.51. The summed E-state index contributed by atoms with van der Waals surface area (Å²) >= 11 is 0. The van der Waals surface area contributed by atoms with Crippen molar-refractivity contribution in [3.63, 3.8) is 0 Å². The maximum Gasteiger partial charge on any atom is 0.220 e. The second kappa shape index (κ2) is 6.16. The van der Waals surface area contributed by atoms with Crippen LogP contribution in [0.1, 0.15) is 38.3 Å². The summed E-state index contributed by atoms with van der Waals surface area (Å²) in [7, 11) is 1.64. The average molecular weight is 221 g/mol. The van der Waals surface area contributed by atoms with Gasteiger partial charge in [-0.3, -0.25) is 4.79 Å². The molecule has 1 aromatic carbocycles. The van der Waals surface area contributed by atoms with Crippen LogP contribution in [0.15, 0.2) is 24.3 Å². The zero-order valence-electron chi connectivity index (χ0n) is 10.1. The second-order valence-corrected chi connectivity index (χ2v) is 3.78. The van der Waals surface area contributed by atoms with Crippen LogP contribution in [0.3, 0.4) is 0 Å². The minimum atomic E-state index is -0.0183. The van der Waals surface area contributed by atoms with Gasteiger partial charge in [-0.25, -0.2) is 0 Å². The third-order valence-corrected chi connectivity index (χ3v) is 2.46. The van der Waals surface area contributed by atoms with Crippen molar-refractivity contribution in [2.24, 2.45) is 0 Å². The first-order valence-electron chi connectivity index (χ1n) is 5.61. The third kappa shape index (κ3) is 3.26. The number of benzene rings is 1. The van der Waals surface area contributed by atoms with Crippen LogP contribution in [-0.2, 0) is 4.79 Å². The van der Waals surface area contributed by atoms with E-state index >= 15 is 0 Å². The van der Waals surface area contributed by atoms with Crippen molar-refractivity contribution in [2.75, 3.05) is 7.11 Å². The van der Waals surface area contributed by atoms with Crippen LogP contribution in [0.5, 0.6) is 5.75 Å². The molecular weight excluding hydrogens is 202 g/mol. The van der Waals surface area contributed by atoms with Gasteiger partial charge >= 0.3 is 0 Å². The van der Waals surface area contributed by atoms with Gasteiger partial charge in [0.15, 0.2) is 0 Å². The Morgan fingerprint density at radius 2 is 2.12 bits per heavy atom. The number of amides is 1. The Balaban J connectivity index is 2.72. The third-order valence-electron chi connectivity index (χ3n) is 2.46. The molecule has 0 saturated heterocycles. The van der Waals surface area contributed by atoms with E-state index in [-0.39, 0.29) is 11.9 Å². The maximum atomic E-state index is 11.5. The fraction of sp³-hybridized carbons (Fsp3) is 0.462. The van der Waals surface area contributed by atoms with Crippen LogP contribution in [0.4, 0.5) is 0 Å². The molecule has 1 rings (SSSR count). The molecule has 0 aliphatic carbocycles. The van der Waals surface area contributed by atoms with E-state index in [0.717, 1.165) is 17.7 Å². The number of carbonyl (C=O) groups excluding carboxylic acids is 1. The molecule has 0 radical (unpaired) electrons. The summed E-state index contributed by atoms with van der Waals surface area (Å²) in [5.74, 6) is 0.896. The summed E-state index contributed by atoms with van der Waals surface area (Å²) in [5.41, 5.74) is 1.01. The van der Waals surface area contributed by atoms with Crippen LogP contribution in [-0.4, -0.2) is 13.0 Å². The van der Waals surface area contributed by atoms with Crippen LogP contribution in [0, 0.1) is 0 Å². The molecule has 0 heterocycles. The molecule has 1 aromatic rings. The molecule has 3 heteroatoms. The van der Waals surface area contributed by atoms with Crippen molar-refractivity contribution in [1.29, 1.82) is 0 Å². The fourth-order valence-electron chi connectivity index (χ4n) is 1.64. The normalized spacial score (nSPS) is 11.9. The quantitative estimate of drug-likeness (QED) is 0.830. The monoisotopic (exact) mass is 221 g/mol. The number of methoxy groups -OCH3 is 1. The SMILES string of the molecule is CCCC(=O)NC(C)c1ccccc1OC. The molecule has 0 saturated carbocycles. The predicted octanol–water partition coefficient (Wildman–Crippen LogP) is 2.67. The largest absolute Gasteiger partial charge is 0.496 e. The van der Waals surface area contributed by atoms with E-state index in [1.165, 1.54) is 0 Å². The molecule has 16 heavy (non-hydrogen) atoms. The van der Waals surface area contributed by atoms with Gasteiger partial charge in [0.25, 0.3) is 0 Å². The molecule has 0 aliphatic rings. The highest BCUT2D eigenvalue weighted by Gasteiger charge is 2.12. The van der Waals surface area contributed by atoms with Crippen molar-refractivity contribution in [3.8, 4) is 5.75 Å². The standard InChI is InChI=1S/C13H19NO2/c1-4-7-13(15)14-10(2)11-8-5-6-9-12(11)16-3/h5-6,8-10H,4,7H2,1-3H3,(H,14,15). The van der Waals surface area contributed by atoms with Gasteiger partial charge in [0.1, 0.15) is 5.75 Å². The lowest BCUT2D eigenvalue weighted by molar-refractivity contribution is -0.121. The first kappa shape index (κ1) is 12.6. The number of carbonyl (C=O) groups is 1. The van der Waals surface area contributed by atoms with E-state index in [0.29, 0.717) is 6.42 Å². The molecule has 3 nitrogen and oxygen atoms in total. The molecule has 1 amide bonds. The van der Waals surface area contributed by atoms with Gasteiger partial charge in [-0.2, -0.15) is 0 Å². The van der Waals surface area contributed by atoms with Gasteiger partial charge in [-0.1, -0.05) is 25.1 Å². The molecule has 1 atom stereocenters. The average Bonchev–Trinajstić information content (AvgIpc) is 2.29. The number of ether oxygens (including phenoxy) is 1. The number of nitrogens with one attached hydrogen (secondary N) is 1. The van der Waals surface area contributed by atoms with Crippen molar-refractivity contribution in [3.05, 3.63) is 29.8 Å². The lowest BCUT2D eigenvalue weighted by Gasteiger charge is -2.16. The molecule has 0 aliphatic heterocycles. The lowest BCUT2D eigenvalue weighted by Crippen LogP contribution is -2.26. The summed E-state index contributed by atoms with van der Waals surface area (Å²) < 4.78 is 5.26. The van der Waals surface area contributed by atoms with Gasteiger partial charge in [0.05, 0.1) is 13.2 Å². The highest BCUT2D eigenvalue weighted by atomic mass is 16.5. The van der Waals surface area contributed by atoms with Crippen molar-refractivity contribution < 1.29 is 9.53 Å². The van der Waals surface area contributed by atoms with E-state index in [4.69, 9.17) is 4.74 Å². The second-order valence-electron chi connectivity index (χ2n) is 3.78. The first-order chi connectivity index (χ1) is 7.69. The zero-order valence-corrected chi connectivity index (χ0v) is 10.1. The Morgan fingerprint density at radius 3 is 2.75 bits per heavy atom. The molecule has 1 unspecified atom stereocenters. The van der Waals surface area contributed by atoms with Crippen LogP contribution in [0.2, 0.25) is 0 Å². The Bertz CT molecular complexity index is 350. The minimum Gasteiger partial charge on any atom is -0.496 e. The maximum absolute atomic E-state index is 11.5. The highest BCUT2D eigenvalue weighted by molar-refractivity contribution is 5.76. The highest BCUT2D eigenvalue weighted by Crippen LogP contribution is 2.24. The van der Waals surface area contributed by atoms with Gasteiger partial charge in [-0.15, -0.1) is 0 Å². The summed E-state index contributed by atoms with van der Waals surface area (Å²) in [6.45, 7) is 3.96. The summed E-state index contributed by atoms with van der Waals surface area (Å²) in [5, 5.41) is 2.95. The van der Waals surface area contributed by atoms with E-state index < -0.39 is 0 Å². The molecule has 0 bridgehead atoms. The van der Waals surface area contributed by atoms with Crippen molar-refractivity contribution in [1.82, 2.24) is 5.32 Å². The minimum absolute atomic E-state index is 0.0183. The number of rotatable bonds is 5. The van der Waals surface area contributed by atoms with Crippen molar-refractivity contribution >= 4 is 5.91 Å². The molecule has 88 valence electrons. The summed E-state index contributed by atoms with van der Waals surface area (Å²) in [4.78, 5) is 11.5. The smallest absolute Gasteiger partial charge is 0.220 e. The number of para-hydroxylation sites is 1. The number of hydrogen-bond acceptors (Lipinski definition) is 2. The number of hydrogen-bond donors (Lipinski definition) is 1. The van der Waals surface area contributed by atoms with E-state index in [2.05, 4.69) is 5.32 Å². The van der Waals surface area contributed by atoms with E-state index in [1.807, 2.05) is 38.1 Å². The van der Waals surface area contributed by atoms with E-state index in [1.54, 1.807) is 7.11 Å². The van der Waals surface area contributed by atoms with Crippen molar-refractivity contribution in [2.45, 2.75) is 32.7 Å². The Kier molecular flexibility index (Phi) is 4.83. The van der Waals surface area contributed by atoms with Crippen LogP contribution in [0.25, 0.3) is 0 Å². The molecular formula is C13H19NO2. The summed E-state index contributed by atoms with van der Waals surface area (Å²) in [6.07, 6.45) is 1.43. The van der Waals surface area contributed by atoms with Crippen LogP contribution < -0.4 is 10.1 Å². The van der Waals surface area contributed by atoms with Gasteiger partial charge in [0.2, 0.25) is 5.91 Å². The first-order valence-corrected chi connectivity index (χ1v) is 5.61. The fourth-order valence-corrected chi connectivity index (χ4v) is 1.64. The molecule has 0 spiro atoms. The molecule has 0 fully saturated rings. The topological polar surface area (TPSA) is 38.3 Å². The lowest BCUT2D eigenvalue weighted by atomic mass is 10.1. The Labute approximate surface area is 96.8 Å². The van der Waals surface area contributed by atoms with Crippen LogP contribution >= 0.6 is 0 Å². The predicted molar refractivity (Wildman–Crippen MR) is 64.5 cm³/mol. The molecule has 0 aromatic heterocycles. The zero-order chi connectivity index (χ0) is 12.0. The Morgan fingerprint density at radius 1 is 1.44 bits per heavy atom. The van der Waals surface area contributed by atoms with Gasteiger partial charge in [0, 0.05) is 12.0 Å². The van der Waals surface area contributed by atoms with Gasteiger partial charge in [-0.05, 0) is 19.4 Å². The molecule has 1 N–H and O–H groups in total. The summed E-state index contributed by atoms with van der Waals surface area (Å²) in [6, 6.07) is 7.71.